The van der Waals surface area contributed by atoms with Crippen molar-refractivity contribution < 1.29 is 4.42 Å². The molecule has 1 atom stereocenters. The lowest BCUT2D eigenvalue weighted by atomic mass is 10.1. The molecule has 0 saturated carbocycles. The Labute approximate surface area is 143 Å². The maximum atomic E-state index is 5.81. The molecule has 3 heterocycles. The monoisotopic (exact) mass is 343 g/mol. The third-order valence-electron chi connectivity index (χ3n) is 3.88. The Balaban J connectivity index is 1.43. The van der Waals surface area contributed by atoms with Gasteiger partial charge in [-0.05, 0) is 17.0 Å². The van der Waals surface area contributed by atoms with Gasteiger partial charge < -0.3 is 4.42 Å². The van der Waals surface area contributed by atoms with Gasteiger partial charge in [-0.1, -0.05) is 36.4 Å². The smallest absolute Gasteiger partial charge is 0.257 e. The van der Waals surface area contributed by atoms with Crippen LogP contribution in [0.15, 0.2) is 52.3 Å². The van der Waals surface area contributed by atoms with Crippen LogP contribution < -0.4 is 0 Å². The third kappa shape index (κ3) is 3.49. The second-order valence-corrected chi connectivity index (χ2v) is 7.74. The van der Waals surface area contributed by atoms with Crippen molar-refractivity contribution in [1.29, 1.82) is 0 Å². The van der Waals surface area contributed by atoms with Crippen LogP contribution >= 0.6 is 23.1 Å². The van der Waals surface area contributed by atoms with Gasteiger partial charge in [-0.15, -0.1) is 21.5 Å². The summed E-state index contributed by atoms with van der Waals surface area (Å²) >= 11 is 3.65. The second-order valence-electron chi connectivity index (χ2n) is 5.48. The minimum atomic E-state index is 0.518. The number of thioether (sulfide) groups is 1. The Kier molecular flexibility index (Phi) is 4.46. The van der Waals surface area contributed by atoms with Crippen LogP contribution in [0, 0.1) is 0 Å². The minimum Gasteiger partial charge on any atom is -0.419 e. The fourth-order valence-electron chi connectivity index (χ4n) is 2.72. The van der Waals surface area contributed by atoms with E-state index in [0.29, 0.717) is 17.0 Å². The van der Waals surface area contributed by atoms with Gasteiger partial charge in [-0.3, -0.25) is 4.90 Å². The Morgan fingerprint density at radius 3 is 2.87 bits per heavy atom. The molecule has 6 heteroatoms. The van der Waals surface area contributed by atoms with Gasteiger partial charge in [0.2, 0.25) is 5.89 Å². The largest absolute Gasteiger partial charge is 0.419 e. The van der Waals surface area contributed by atoms with E-state index in [0.717, 1.165) is 30.3 Å². The third-order valence-corrected chi connectivity index (χ3v) is 5.98. The van der Waals surface area contributed by atoms with E-state index in [9.17, 15) is 0 Å². The Bertz CT molecular complexity index is 742. The zero-order chi connectivity index (χ0) is 15.5. The van der Waals surface area contributed by atoms with Crippen molar-refractivity contribution >= 4 is 23.1 Å². The zero-order valence-corrected chi connectivity index (χ0v) is 14.2. The second kappa shape index (κ2) is 6.86. The predicted octanol–water partition coefficient (Wildman–Crippen LogP) is 4.09. The van der Waals surface area contributed by atoms with E-state index in [1.807, 2.05) is 29.3 Å². The average Bonchev–Trinajstić information content (AvgIpc) is 3.27. The van der Waals surface area contributed by atoms with Crippen molar-refractivity contribution in [2.24, 2.45) is 0 Å². The number of thiophene rings is 1. The van der Waals surface area contributed by atoms with Gasteiger partial charge in [0.1, 0.15) is 0 Å². The quantitative estimate of drug-likeness (QED) is 0.714. The van der Waals surface area contributed by atoms with E-state index in [-0.39, 0.29) is 0 Å². The maximum absolute atomic E-state index is 5.81. The summed E-state index contributed by atoms with van der Waals surface area (Å²) in [6, 6.07) is 14.7. The molecule has 4 rings (SSSR count). The molecule has 23 heavy (non-hydrogen) atoms. The molecule has 1 aliphatic rings. The van der Waals surface area contributed by atoms with Gasteiger partial charge in [0.05, 0.1) is 11.4 Å². The lowest BCUT2D eigenvalue weighted by molar-refractivity contribution is 0.248. The van der Waals surface area contributed by atoms with Gasteiger partial charge in [-0.2, -0.15) is 11.8 Å². The van der Waals surface area contributed by atoms with Crippen molar-refractivity contribution in [3.05, 3.63) is 59.3 Å². The number of nitrogens with zero attached hydrogens (tertiary/aromatic N) is 3. The van der Waals surface area contributed by atoms with E-state index < -0.39 is 0 Å². The highest BCUT2D eigenvalue weighted by Crippen LogP contribution is 2.33. The lowest BCUT2D eigenvalue weighted by Crippen LogP contribution is -2.33. The normalized spacial score (nSPS) is 19.0. The first-order chi connectivity index (χ1) is 11.4. The summed E-state index contributed by atoms with van der Waals surface area (Å²) in [6.07, 6.45) is 0. The SMILES string of the molecule is c1ccc(C2CN(Cc3nnc(-c4cccs4)o3)CCS2)cc1. The van der Waals surface area contributed by atoms with Crippen LogP contribution in [-0.4, -0.2) is 33.9 Å². The summed E-state index contributed by atoms with van der Waals surface area (Å²) in [5.74, 6) is 2.46. The minimum absolute atomic E-state index is 0.518. The highest BCUT2D eigenvalue weighted by molar-refractivity contribution is 7.99. The van der Waals surface area contributed by atoms with Crippen molar-refractivity contribution in [3.63, 3.8) is 0 Å². The van der Waals surface area contributed by atoms with Crippen LogP contribution in [0.5, 0.6) is 0 Å². The molecule has 118 valence electrons. The van der Waals surface area contributed by atoms with E-state index in [2.05, 4.69) is 45.4 Å². The molecule has 1 aromatic carbocycles. The fraction of sp³-hybridized carbons (Fsp3) is 0.294. The zero-order valence-electron chi connectivity index (χ0n) is 12.6. The highest BCUT2D eigenvalue weighted by Gasteiger charge is 2.23. The van der Waals surface area contributed by atoms with Gasteiger partial charge in [0.15, 0.2) is 0 Å². The van der Waals surface area contributed by atoms with Crippen molar-refractivity contribution in [2.75, 3.05) is 18.8 Å². The van der Waals surface area contributed by atoms with Crippen LogP contribution in [0.1, 0.15) is 16.7 Å². The lowest BCUT2D eigenvalue weighted by Gasteiger charge is -2.31. The molecule has 0 aliphatic carbocycles. The molecule has 0 amide bonds. The van der Waals surface area contributed by atoms with Gasteiger partial charge in [-0.25, -0.2) is 0 Å². The fourth-order valence-corrected chi connectivity index (χ4v) is 4.68. The number of benzene rings is 1. The van der Waals surface area contributed by atoms with Crippen LogP contribution in [0.4, 0.5) is 0 Å². The average molecular weight is 343 g/mol. The van der Waals surface area contributed by atoms with Crippen LogP contribution in [-0.2, 0) is 6.54 Å². The number of rotatable bonds is 4. The Hall–Kier alpha value is -1.63. The summed E-state index contributed by atoms with van der Waals surface area (Å²) < 4.78 is 5.81. The van der Waals surface area contributed by atoms with Crippen molar-refractivity contribution in [3.8, 4) is 10.8 Å². The summed E-state index contributed by atoms with van der Waals surface area (Å²) in [4.78, 5) is 3.43. The Morgan fingerprint density at radius 1 is 1.13 bits per heavy atom. The summed E-state index contributed by atoms with van der Waals surface area (Å²) in [5, 5.41) is 10.9. The van der Waals surface area contributed by atoms with E-state index in [1.165, 1.54) is 5.56 Å². The summed E-state index contributed by atoms with van der Waals surface area (Å²) in [7, 11) is 0. The van der Waals surface area contributed by atoms with Crippen molar-refractivity contribution in [1.82, 2.24) is 15.1 Å². The van der Waals surface area contributed by atoms with Crippen LogP contribution in [0.2, 0.25) is 0 Å². The molecule has 1 unspecified atom stereocenters. The van der Waals surface area contributed by atoms with Crippen LogP contribution in [0.3, 0.4) is 0 Å². The maximum Gasteiger partial charge on any atom is 0.257 e. The number of hydrogen-bond donors (Lipinski definition) is 0. The van der Waals surface area contributed by atoms with E-state index in [1.54, 1.807) is 11.3 Å². The first-order valence-corrected chi connectivity index (χ1v) is 9.56. The Morgan fingerprint density at radius 2 is 2.04 bits per heavy atom. The summed E-state index contributed by atoms with van der Waals surface area (Å²) in [5.41, 5.74) is 1.40. The van der Waals surface area contributed by atoms with Crippen LogP contribution in [0.25, 0.3) is 10.8 Å². The predicted molar refractivity (Wildman–Crippen MR) is 94.5 cm³/mol. The standard InChI is InChI=1S/C17H17N3OS2/c1-2-5-13(6-3-1)15-11-20(8-10-23-15)12-16-18-19-17(21-16)14-7-4-9-22-14/h1-7,9,15H,8,10-12H2. The first kappa shape index (κ1) is 14.9. The molecule has 3 aromatic rings. The molecule has 0 radical (unpaired) electrons. The molecule has 1 aliphatic heterocycles. The van der Waals surface area contributed by atoms with Gasteiger partial charge in [0, 0.05) is 24.1 Å². The topological polar surface area (TPSA) is 42.2 Å². The van der Waals surface area contributed by atoms with E-state index in [4.69, 9.17) is 4.42 Å². The molecule has 0 spiro atoms. The molecule has 0 N–H and O–H groups in total. The van der Waals surface area contributed by atoms with Gasteiger partial charge >= 0.3 is 0 Å². The van der Waals surface area contributed by atoms with E-state index >= 15 is 0 Å². The molecule has 1 saturated heterocycles. The number of hydrogen-bond acceptors (Lipinski definition) is 6. The van der Waals surface area contributed by atoms with Crippen molar-refractivity contribution in [2.45, 2.75) is 11.8 Å². The highest BCUT2D eigenvalue weighted by atomic mass is 32.2. The molecule has 2 aromatic heterocycles. The number of aromatic nitrogens is 2. The first-order valence-electron chi connectivity index (χ1n) is 7.63. The molecular formula is C17H17N3OS2. The molecule has 1 fully saturated rings. The molecule has 4 nitrogen and oxygen atoms in total. The van der Waals surface area contributed by atoms with Gasteiger partial charge in [0.25, 0.3) is 5.89 Å². The molecular weight excluding hydrogens is 326 g/mol. The summed E-state index contributed by atoms with van der Waals surface area (Å²) in [6.45, 7) is 2.80. The molecule has 0 bridgehead atoms.